The summed E-state index contributed by atoms with van der Waals surface area (Å²) in [6.07, 6.45) is 6.94. The van der Waals surface area contributed by atoms with Crippen LogP contribution in [0.15, 0.2) is 30.6 Å². The zero-order chi connectivity index (χ0) is 28.4. The number of nitrogens with zero attached hydrogens (tertiary/aromatic N) is 5. The van der Waals surface area contributed by atoms with Gasteiger partial charge in [-0.2, -0.15) is 0 Å². The number of carbonyl (C=O) groups is 2. The molecule has 2 unspecified atom stereocenters. The molecule has 8 nitrogen and oxygen atoms in total. The number of aromatic nitrogens is 2. The molecule has 0 radical (unpaired) electrons. The number of hydrogen-bond acceptors (Lipinski definition) is 6. The normalized spacial score (nSPS) is 21.6. The van der Waals surface area contributed by atoms with E-state index in [0.29, 0.717) is 23.3 Å². The number of aryl methyl sites for hydroxylation is 3. The Bertz CT molecular complexity index is 1180. The van der Waals surface area contributed by atoms with Gasteiger partial charge in [0.15, 0.2) is 0 Å². The molecular formula is C32H45N5O3. The zero-order valence-corrected chi connectivity index (χ0v) is 24.9. The molecule has 2 aromatic rings. The number of anilines is 1. The highest BCUT2D eigenvalue weighted by Crippen LogP contribution is 2.35. The van der Waals surface area contributed by atoms with Crippen LogP contribution in [-0.4, -0.2) is 76.6 Å². The van der Waals surface area contributed by atoms with Crippen molar-refractivity contribution in [2.45, 2.75) is 72.3 Å². The minimum Gasteiger partial charge on any atom is -0.444 e. The Kier molecular flexibility index (Phi) is 8.34. The zero-order valence-electron chi connectivity index (χ0n) is 24.9. The van der Waals surface area contributed by atoms with Gasteiger partial charge in [-0.1, -0.05) is 12.1 Å². The van der Waals surface area contributed by atoms with E-state index in [1.807, 2.05) is 44.4 Å². The molecule has 5 rings (SSSR count). The summed E-state index contributed by atoms with van der Waals surface area (Å²) in [4.78, 5) is 40.4. The fraction of sp³-hybridized carbons (Fsp3) is 0.625. The Morgan fingerprint density at radius 1 is 0.950 bits per heavy atom. The van der Waals surface area contributed by atoms with Crippen LogP contribution in [0.3, 0.4) is 0 Å². The molecule has 40 heavy (non-hydrogen) atoms. The molecule has 0 spiro atoms. The molecule has 3 fully saturated rings. The molecule has 0 bridgehead atoms. The predicted octanol–water partition coefficient (Wildman–Crippen LogP) is 5.27. The second kappa shape index (κ2) is 11.8. The highest BCUT2D eigenvalue weighted by molar-refractivity contribution is 5.96. The molecule has 1 aromatic heterocycles. The van der Waals surface area contributed by atoms with E-state index in [0.717, 1.165) is 69.9 Å². The second-order valence-corrected chi connectivity index (χ2v) is 13.0. The molecule has 216 valence electrons. The average Bonchev–Trinajstić information content (AvgIpc) is 3.48. The van der Waals surface area contributed by atoms with Crippen LogP contribution in [0.4, 0.5) is 10.5 Å². The largest absolute Gasteiger partial charge is 0.444 e. The first-order valence-corrected chi connectivity index (χ1v) is 15.0. The van der Waals surface area contributed by atoms with Crippen molar-refractivity contribution < 1.29 is 14.3 Å². The maximum Gasteiger partial charge on any atom is 0.410 e. The third-order valence-corrected chi connectivity index (χ3v) is 8.83. The van der Waals surface area contributed by atoms with Crippen LogP contribution in [0.2, 0.25) is 0 Å². The van der Waals surface area contributed by atoms with E-state index in [-0.39, 0.29) is 12.0 Å². The summed E-state index contributed by atoms with van der Waals surface area (Å²) in [5, 5.41) is 0. The van der Waals surface area contributed by atoms with E-state index in [1.165, 1.54) is 30.4 Å². The number of likely N-dealkylation sites (tertiary alicyclic amines) is 2. The SMILES string of the molecule is Cc1ncnc(C)c1C(=O)N1CC2CN(c3cccc(CCCC4CCN(C(=O)OC(C)(C)C)CC4)c3)CC2C1. The van der Waals surface area contributed by atoms with Crippen LogP contribution >= 0.6 is 0 Å². The van der Waals surface area contributed by atoms with Crippen LogP contribution in [0, 0.1) is 31.6 Å². The molecule has 4 heterocycles. The number of piperidine rings is 1. The number of carbonyl (C=O) groups excluding carboxylic acids is 2. The van der Waals surface area contributed by atoms with Gasteiger partial charge in [0.25, 0.3) is 5.91 Å². The molecule has 1 aromatic carbocycles. The molecule has 3 aliphatic heterocycles. The van der Waals surface area contributed by atoms with Crippen molar-refractivity contribution in [3.8, 4) is 0 Å². The van der Waals surface area contributed by atoms with Gasteiger partial charge >= 0.3 is 6.09 Å². The Balaban J connectivity index is 1.07. The molecule has 2 amide bonds. The van der Waals surface area contributed by atoms with Gasteiger partial charge in [-0.15, -0.1) is 0 Å². The van der Waals surface area contributed by atoms with Crippen LogP contribution < -0.4 is 4.90 Å². The quantitative estimate of drug-likeness (QED) is 0.490. The minimum absolute atomic E-state index is 0.0778. The van der Waals surface area contributed by atoms with Crippen molar-refractivity contribution in [1.82, 2.24) is 19.8 Å². The van der Waals surface area contributed by atoms with E-state index >= 15 is 0 Å². The number of rotatable bonds is 6. The van der Waals surface area contributed by atoms with Gasteiger partial charge in [-0.25, -0.2) is 14.8 Å². The monoisotopic (exact) mass is 547 g/mol. The summed E-state index contributed by atoms with van der Waals surface area (Å²) in [5.41, 5.74) is 4.46. The lowest BCUT2D eigenvalue weighted by Crippen LogP contribution is -2.41. The fourth-order valence-corrected chi connectivity index (χ4v) is 6.66. The van der Waals surface area contributed by atoms with E-state index < -0.39 is 5.60 Å². The first-order valence-electron chi connectivity index (χ1n) is 15.0. The third-order valence-electron chi connectivity index (χ3n) is 8.83. The van der Waals surface area contributed by atoms with Crippen LogP contribution in [-0.2, 0) is 11.2 Å². The van der Waals surface area contributed by atoms with E-state index in [4.69, 9.17) is 4.74 Å². The van der Waals surface area contributed by atoms with Crippen LogP contribution in [0.1, 0.15) is 73.8 Å². The first kappa shape index (κ1) is 28.4. The topological polar surface area (TPSA) is 78.9 Å². The van der Waals surface area contributed by atoms with Gasteiger partial charge in [-0.05, 0) is 90.3 Å². The maximum absolute atomic E-state index is 13.2. The summed E-state index contributed by atoms with van der Waals surface area (Å²) in [6.45, 7) is 14.7. The van der Waals surface area contributed by atoms with Gasteiger partial charge in [0, 0.05) is 56.8 Å². The summed E-state index contributed by atoms with van der Waals surface area (Å²) in [6, 6.07) is 9.03. The minimum atomic E-state index is -0.438. The van der Waals surface area contributed by atoms with Crippen molar-refractivity contribution >= 4 is 17.7 Å². The average molecular weight is 548 g/mol. The Labute approximate surface area is 239 Å². The summed E-state index contributed by atoms with van der Waals surface area (Å²) < 4.78 is 5.53. The maximum atomic E-state index is 13.2. The first-order chi connectivity index (χ1) is 19.1. The van der Waals surface area contributed by atoms with Crippen LogP contribution in [0.25, 0.3) is 0 Å². The number of benzene rings is 1. The lowest BCUT2D eigenvalue weighted by atomic mass is 9.91. The molecular weight excluding hydrogens is 502 g/mol. The lowest BCUT2D eigenvalue weighted by Gasteiger charge is -2.33. The van der Waals surface area contributed by atoms with Crippen molar-refractivity contribution in [2.75, 3.05) is 44.2 Å². The molecule has 2 atom stereocenters. The lowest BCUT2D eigenvalue weighted by molar-refractivity contribution is 0.0180. The van der Waals surface area contributed by atoms with Gasteiger partial charge in [0.1, 0.15) is 11.9 Å². The van der Waals surface area contributed by atoms with Crippen molar-refractivity contribution in [3.63, 3.8) is 0 Å². The fourth-order valence-electron chi connectivity index (χ4n) is 6.66. The van der Waals surface area contributed by atoms with Crippen LogP contribution in [0.5, 0.6) is 0 Å². The summed E-state index contributed by atoms with van der Waals surface area (Å²) in [7, 11) is 0. The van der Waals surface area contributed by atoms with Gasteiger partial charge < -0.3 is 19.4 Å². The second-order valence-electron chi connectivity index (χ2n) is 13.0. The summed E-state index contributed by atoms with van der Waals surface area (Å²) in [5.74, 6) is 1.77. The smallest absolute Gasteiger partial charge is 0.410 e. The third kappa shape index (κ3) is 6.58. The van der Waals surface area contributed by atoms with Gasteiger partial charge in [0.05, 0.1) is 17.0 Å². The molecule has 0 saturated carbocycles. The standard InChI is InChI=1S/C32H45N5O3/c1-22-29(23(2)34-21-33-22)30(38)37-19-26-17-36(18-27(26)20-37)28-11-7-10-25(16-28)9-6-8-24-12-14-35(15-13-24)31(39)40-32(3,4)5/h7,10-11,16,21,24,26-27H,6,8-9,12-15,17-20H2,1-5H3. The van der Waals surface area contributed by atoms with E-state index in [1.54, 1.807) is 0 Å². The van der Waals surface area contributed by atoms with Crippen molar-refractivity contribution in [3.05, 3.63) is 53.1 Å². The Hall–Kier alpha value is -3.16. The Morgan fingerprint density at radius 3 is 2.23 bits per heavy atom. The van der Waals surface area contributed by atoms with E-state index in [2.05, 4.69) is 39.1 Å². The highest BCUT2D eigenvalue weighted by atomic mass is 16.6. The number of fused-ring (bicyclic) bond motifs is 1. The van der Waals surface area contributed by atoms with Gasteiger partial charge in [-0.3, -0.25) is 4.79 Å². The predicted molar refractivity (Wildman–Crippen MR) is 157 cm³/mol. The molecule has 3 aliphatic rings. The van der Waals surface area contributed by atoms with Gasteiger partial charge in [0.2, 0.25) is 0 Å². The Morgan fingerprint density at radius 2 is 1.60 bits per heavy atom. The van der Waals surface area contributed by atoms with Crippen molar-refractivity contribution in [1.29, 1.82) is 0 Å². The highest BCUT2D eigenvalue weighted by Gasteiger charge is 2.42. The van der Waals surface area contributed by atoms with Crippen molar-refractivity contribution in [2.24, 2.45) is 17.8 Å². The summed E-state index contributed by atoms with van der Waals surface area (Å²) >= 11 is 0. The molecule has 0 N–H and O–H groups in total. The molecule has 8 heteroatoms. The van der Waals surface area contributed by atoms with E-state index in [9.17, 15) is 9.59 Å². The number of ether oxygens (including phenoxy) is 1. The number of amides is 2. The molecule has 0 aliphatic carbocycles. The number of hydrogen-bond donors (Lipinski definition) is 0. The molecule has 3 saturated heterocycles.